The second-order valence-corrected chi connectivity index (χ2v) is 5.26. The van der Waals surface area contributed by atoms with Crippen molar-refractivity contribution < 1.29 is 9.47 Å². The number of nitrogens with zero attached hydrogens (tertiary/aromatic N) is 1. The molecule has 1 aliphatic heterocycles. The van der Waals surface area contributed by atoms with Crippen molar-refractivity contribution in [3.63, 3.8) is 0 Å². The topological polar surface area (TPSA) is 33.7 Å². The molecular weight excluding hydrogens is 240 g/mol. The Balaban J connectivity index is 1.71. The molecule has 1 saturated carbocycles. The van der Waals surface area contributed by atoms with Crippen LogP contribution in [-0.4, -0.2) is 39.5 Å². The second-order valence-electron chi connectivity index (χ2n) is 5.26. The molecule has 0 aromatic heterocycles. The van der Waals surface area contributed by atoms with E-state index in [-0.39, 0.29) is 0 Å². The minimum Gasteiger partial charge on any atom is -0.495 e. The molecule has 0 atom stereocenters. The average Bonchev–Trinajstić information content (AvgIpc) is 3.30. The molecule has 2 fully saturated rings. The van der Waals surface area contributed by atoms with Gasteiger partial charge < -0.3 is 19.7 Å². The van der Waals surface area contributed by atoms with E-state index >= 15 is 0 Å². The summed E-state index contributed by atoms with van der Waals surface area (Å²) in [4.78, 5) is 2.33. The lowest BCUT2D eigenvalue weighted by Gasteiger charge is -2.30. The monoisotopic (exact) mass is 262 g/mol. The third kappa shape index (κ3) is 3.19. The second kappa shape index (κ2) is 5.80. The molecule has 2 aliphatic rings. The number of nitrogens with one attached hydrogen (secondary N) is 1. The number of methoxy groups -OCH3 is 1. The maximum atomic E-state index is 5.55. The summed E-state index contributed by atoms with van der Waals surface area (Å²) in [7, 11) is 1.75. The van der Waals surface area contributed by atoms with E-state index in [2.05, 4.69) is 28.4 Å². The van der Waals surface area contributed by atoms with Crippen molar-refractivity contribution >= 4 is 5.69 Å². The highest BCUT2D eigenvalue weighted by Crippen LogP contribution is 2.30. The Morgan fingerprint density at radius 2 is 2.11 bits per heavy atom. The average molecular weight is 262 g/mol. The lowest BCUT2D eigenvalue weighted by molar-refractivity contribution is 0.122. The molecule has 0 amide bonds. The number of hydrogen-bond acceptors (Lipinski definition) is 4. The van der Waals surface area contributed by atoms with Gasteiger partial charge in [0.2, 0.25) is 0 Å². The highest BCUT2D eigenvalue weighted by Gasteiger charge is 2.20. The Labute approximate surface area is 114 Å². The molecule has 1 saturated heterocycles. The van der Waals surface area contributed by atoms with Crippen molar-refractivity contribution in [1.82, 2.24) is 5.32 Å². The highest BCUT2D eigenvalue weighted by molar-refractivity contribution is 5.60. The van der Waals surface area contributed by atoms with Crippen LogP contribution in [0.2, 0.25) is 0 Å². The van der Waals surface area contributed by atoms with E-state index in [1.165, 1.54) is 24.1 Å². The Morgan fingerprint density at radius 1 is 1.32 bits per heavy atom. The molecule has 1 heterocycles. The van der Waals surface area contributed by atoms with Crippen molar-refractivity contribution in [2.24, 2.45) is 0 Å². The summed E-state index contributed by atoms with van der Waals surface area (Å²) >= 11 is 0. The zero-order valence-corrected chi connectivity index (χ0v) is 11.5. The lowest BCUT2D eigenvalue weighted by Crippen LogP contribution is -2.36. The molecule has 1 aromatic rings. The Hall–Kier alpha value is -1.26. The Kier molecular flexibility index (Phi) is 3.89. The fraction of sp³-hybridized carbons (Fsp3) is 0.600. The summed E-state index contributed by atoms with van der Waals surface area (Å²) < 4.78 is 10.9. The maximum absolute atomic E-state index is 5.55. The van der Waals surface area contributed by atoms with Gasteiger partial charge in [0, 0.05) is 25.7 Å². The van der Waals surface area contributed by atoms with Crippen LogP contribution >= 0.6 is 0 Å². The van der Waals surface area contributed by atoms with Crippen LogP contribution in [0.15, 0.2) is 18.2 Å². The molecule has 19 heavy (non-hydrogen) atoms. The molecule has 0 radical (unpaired) electrons. The van der Waals surface area contributed by atoms with Gasteiger partial charge in [0.15, 0.2) is 0 Å². The Morgan fingerprint density at radius 3 is 2.79 bits per heavy atom. The molecule has 0 spiro atoms. The lowest BCUT2D eigenvalue weighted by atomic mass is 10.1. The van der Waals surface area contributed by atoms with Gasteiger partial charge >= 0.3 is 0 Å². The molecule has 1 aromatic carbocycles. The van der Waals surface area contributed by atoms with Gasteiger partial charge in [-0.25, -0.2) is 0 Å². The molecule has 1 aliphatic carbocycles. The normalized spacial score (nSPS) is 19.5. The van der Waals surface area contributed by atoms with Gasteiger partial charge in [-0.2, -0.15) is 0 Å². The zero-order valence-electron chi connectivity index (χ0n) is 11.5. The van der Waals surface area contributed by atoms with Crippen LogP contribution < -0.4 is 15.0 Å². The largest absolute Gasteiger partial charge is 0.495 e. The predicted molar refractivity (Wildman–Crippen MR) is 75.9 cm³/mol. The molecule has 104 valence electrons. The van der Waals surface area contributed by atoms with Crippen molar-refractivity contribution in [3.8, 4) is 5.75 Å². The maximum Gasteiger partial charge on any atom is 0.142 e. The van der Waals surface area contributed by atoms with Crippen molar-refractivity contribution in [2.45, 2.75) is 25.4 Å². The molecule has 3 rings (SSSR count). The molecular formula is C15H22N2O2. The molecule has 0 unspecified atom stereocenters. The van der Waals surface area contributed by atoms with Crippen molar-refractivity contribution in [3.05, 3.63) is 23.8 Å². The van der Waals surface area contributed by atoms with E-state index in [0.29, 0.717) is 0 Å². The molecule has 0 bridgehead atoms. The minimum atomic E-state index is 0.741. The van der Waals surface area contributed by atoms with Crippen LogP contribution in [0.1, 0.15) is 18.4 Å². The number of morpholine rings is 1. The number of rotatable bonds is 5. The van der Waals surface area contributed by atoms with Crippen LogP contribution in [-0.2, 0) is 11.3 Å². The van der Waals surface area contributed by atoms with Crippen LogP contribution in [0.3, 0.4) is 0 Å². The summed E-state index contributed by atoms with van der Waals surface area (Å²) in [6.07, 6.45) is 2.64. The molecule has 4 heteroatoms. The van der Waals surface area contributed by atoms with E-state index in [1.54, 1.807) is 7.11 Å². The van der Waals surface area contributed by atoms with Gasteiger partial charge in [0.25, 0.3) is 0 Å². The van der Waals surface area contributed by atoms with Crippen LogP contribution in [0, 0.1) is 0 Å². The van der Waals surface area contributed by atoms with E-state index < -0.39 is 0 Å². The predicted octanol–water partition coefficient (Wildman–Crippen LogP) is 1.78. The first kappa shape index (κ1) is 12.8. The fourth-order valence-electron chi connectivity index (χ4n) is 2.45. The fourth-order valence-corrected chi connectivity index (χ4v) is 2.45. The number of ether oxygens (including phenoxy) is 2. The van der Waals surface area contributed by atoms with Gasteiger partial charge in [0.1, 0.15) is 5.75 Å². The third-order valence-corrected chi connectivity index (χ3v) is 3.77. The first-order valence-corrected chi connectivity index (χ1v) is 7.10. The van der Waals surface area contributed by atoms with Crippen LogP contribution in [0.25, 0.3) is 0 Å². The van der Waals surface area contributed by atoms with E-state index in [4.69, 9.17) is 9.47 Å². The SMILES string of the molecule is COc1cc(CNC2CC2)ccc1N1CCOCC1. The summed E-state index contributed by atoms with van der Waals surface area (Å²) in [5.74, 6) is 0.969. The quantitative estimate of drug-likeness (QED) is 0.877. The van der Waals surface area contributed by atoms with Gasteiger partial charge in [0.05, 0.1) is 26.0 Å². The zero-order chi connectivity index (χ0) is 13.1. The molecule has 1 N–H and O–H groups in total. The van der Waals surface area contributed by atoms with Crippen molar-refractivity contribution in [2.75, 3.05) is 38.3 Å². The third-order valence-electron chi connectivity index (χ3n) is 3.77. The van der Waals surface area contributed by atoms with Crippen molar-refractivity contribution in [1.29, 1.82) is 0 Å². The van der Waals surface area contributed by atoms with Gasteiger partial charge in [-0.15, -0.1) is 0 Å². The number of benzene rings is 1. The van der Waals surface area contributed by atoms with Gasteiger partial charge in [-0.05, 0) is 30.5 Å². The first-order valence-electron chi connectivity index (χ1n) is 7.10. The van der Waals surface area contributed by atoms with Gasteiger partial charge in [-0.1, -0.05) is 6.07 Å². The smallest absolute Gasteiger partial charge is 0.142 e. The number of hydrogen-bond donors (Lipinski definition) is 1. The Bertz CT molecular complexity index is 426. The van der Waals surface area contributed by atoms with E-state index in [0.717, 1.165) is 44.6 Å². The van der Waals surface area contributed by atoms with Crippen LogP contribution in [0.5, 0.6) is 5.75 Å². The van der Waals surface area contributed by atoms with E-state index in [1.807, 2.05) is 0 Å². The highest BCUT2D eigenvalue weighted by atomic mass is 16.5. The summed E-state index contributed by atoms with van der Waals surface area (Å²) in [6.45, 7) is 4.42. The van der Waals surface area contributed by atoms with Gasteiger partial charge in [-0.3, -0.25) is 0 Å². The van der Waals surface area contributed by atoms with E-state index in [9.17, 15) is 0 Å². The minimum absolute atomic E-state index is 0.741. The standard InChI is InChI=1S/C15H22N2O2/c1-18-15-10-12(11-16-13-3-4-13)2-5-14(15)17-6-8-19-9-7-17/h2,5,10,13,16H,3-4,6-9,11H2,1H3. The first-order chi connectivity index (χ1) is 9.36. The summed E-state index contributed by atoms with van der Waals surface area (Å²) in [5.41, 5.74) is 2.47. The van der Waals surface area contributed by atoms with Crippen LogP contribution in [0.4, 0.5) is 5.69 Å². The molecule has 4 nitrogen and oxygen atoms in total. The summed E-state index contributed by atoms with van der Waals surface area (Å²) in [5, 5.41) is 3.53. The number of anilines is 1. The summed E-state index contributed by atoms with van der Waals surface area (Å²) in [6, 6.07) is 7.27.